The van der Waals surface area contributed by atoms with Gasteiger partial charge in [0.15, 0.2) is 5.76 Å². The average Bonchev–Trinajstić information content (AvgIpc) is 3.06. The quantitative estimate of drug-likeness (QED) is 0.646. The van der Waals surface area contributed by atoms with E-state index in [1.807, 2.05) is 67.4 Å². The summed E-state index contributed by atoms with van der Waals surface area (Å²) in [4.78, 5) is 18.4. The molecule has 3 rings (SSSR count). The maximum Gasteiger partial charge on any atom is 0.238 e. The number of nitrogens with zero attached hydrogens (tertiary/aromatic N) is 2. The summed E-state index contributed by atoms with van der Waals surface area (Å²) in [5.41, 5.74) is 2.81. The van der Waals surface area contributed by atoms with Crippen LogP contribution < -0.4 is 5.32 Å². The number of nitrogens with one attached hydrogen (secondary N) is 1. The number of oxazole rings is 1. The number of halogens is 1. The summed E-state index contributed by atoms with van der Waals surface area (Å²) in [5, 5.41) is 2.93. The predicted octanol–water partition coefficient (Wildman–Crippen LogP) is 4.48. The van der Waals surface area contributed by atoms with E-state index >= 15 is 0 Å². The van der Waals surface area contributed by atoms with Gasteiger partial charge in [0.1, 0.15) is 0 Å². The van der Waals surface area contributed by atoms with Crippen LogP contribution in [-0.2, 0) is 11.3 Å². The highest BCUT2D eigenvalue weighted by Crippen LogP contribution is 2.21. The minimum absolute atomic E-state index is 0.0761. The Morgan fingerprint density at radius 3 is 2.73 bits per heavy atom. The van der Waals surface area contributed by atoms with Crippen molar-refractivity contribution < 1.29 is 9.21 Å². The third-order valence-corrected chi connectivity index (χ3v) is 4.39. The van der Waals surface area contributed by atoms with Crippen LogP contribution in [0.1, 0.15) is 11.5 Å². The lowest BCUT2D eigenvalue weighted by Crippen LogP contribution is -2.30. The maximum atomic E-state index is 12.3. The van der Waals surface area contributed by atoms with Gasteiger partial charge in [0.05, 0.1) is 19.3 Å². The topological polar surface area (TPSA) is 58.4 Å². The number of aromatic nitrogens is 1. The SMILES string of the molecule is Cc1cc(Br)ccc1NC(=O)CN(C)Cc1ncc(-c2ccccc2)o1. The second-order valence-electron chi connectivity index (χ2n) is 6.16. The lowest BCUT2D eigenvalue weighted by molar-refractivity contribution is -0.117. The molecule has 0 radical (unpaired) electrons. The molecular formula is C20H20BrN3O2. The lowest BCUT2D eigenvalue weighted by Gasteiger charge is -2.15. The minimum Gasteiger partial charge on any atom is -0.439 e. The van der Waals surface area contributed by atoms with E-state index in [4.69, 9.17) is 4.42 Å². The standard InChI is InChI=1S/C20H20BrN3O2/c1-14-10-16(21)8-9-17(14)23-19(25)12-24(2)13-20-22-11-18(26-20)15-6-4-3-5-7-15/h3-11H,12-13H2,1-2H3,(H,23,25). The van der Waals surface area contributed by atoms with Crippen LogP contribution in [0.3, 0.4) is 0 Å². The highest BCUT2D eigenvalue weighted by atomic mass is 79.9. The number of hydrogen-bond acceptors (Lipinski definition) is 4. The summed E-state index contributed by atoms with van der Waals surface area (Å²) in [7, 11) is 1.86. The molecular weight excluding hydrogens is 394 g/mol. The minimum atomic E-state index is -0.0761. The fraction of sp³-hybridized carbons (Fsp3) is 0.200. The van der Waals surface area contributed by atoms with E-state index in [-0.39, 0.29) is 12.5 Å². The Morgan fingerprint density at radius 2 is 2.00 bits per heavy atom. The Labute approximate surface area is 161 Å². The zero-order chi connectivity index (χ0) is 18.5. The smallest absolute Gasteiger partial charge is 0.238 e. The highest BCUT2D eigenvalue weighted by molar-refractivity contribution is 9.10. The summed E-state index contributed by atoms with van der Waals surface area (Å²) in [6, 6.07) is 15.6. The number of carbonyl (C=O) groups is 1. The predicted molar refractivity (Wildman–Crippen MR) is 106 cm³/mol. The van der Waals surface area contributed by atoms with Gasteiger partial charge < -0.3 is 9.73 Å². The molecule has 1 amide bonds. The molecule has 0 atom stereocenters. The van der Waals surface area contributed by atoms with E-state index < -0.39 is 0 Å². The third-order valence-electron chi connectivity index (χ3n) is 3.89. The van der Waals surface area contributed by atoms with Crippen LogP contribution in [-0.4, -0.2) is 29.4 Å². The van der Waals surface area contributed by atoms with Gasteiger partial charge in [-0.3, -0.25) is 9.69 Å². The zero-order valence-electron chi connectivity index (χ0n) is 14.7. The van der Waals surface area contributed by atoms with Crippen molar-refractivity contribution in [2.75, 3.05) is 18.9 Å². The van der Waals surface area contributed by atoms with Crippen LogP contribution in [0.5, 0.6) is 0 Å². The lowest BCUT2D eigenvalue weighted by atomic mass is 10.2. The first-order valence-corrected chi connectivity index (χ1v) is 9.05. The molecule has 1 N–H and O–H groups in total. The molecule has 0 aliphatic carbocycles. The number of likely N-dealkylation sites (N-methyl/N-ethyl adjacent to an activating group) is 1. The number of benzene rings is 2. The molecule has 3 aromatic rings. The molecule has 0 fully saturated rings. The maximum absolute atomic E-state index is 12.3. The van der Waals surface area contributed by atoms with Crippen molar-refractivity contribution >= 4 is 27.5 Å². The van der Waals surface area contributed by atoms with Crippen LogP contribution in [0, 0.1) is 6.92 Å². The molecule has 1 heterocycles. The van der Waals surface area contributed by atoms with E-state index in [0.29, 0.717) is 12.4 Å². The first kappa shape index (κ1) is 18.4. The Bertz CT molecular complexity index is 893. The summed E-state index contributed by atoms with van der Waals surface area (Å²) in [6.07, 6.45) is 1.71. The molecule has 0 saturated carbocycles. The van der Waals surface area contributed by atoms with Crippen LogP contribution in [0.2, 0.25) is 0 Å². The fourth-order valence-corrected chi connectivity index (χ4v) is 3.08. The van der Waals surface area contributed by atoms with Crippen molar-refractivity contribution in [3.8, 4) is 11.3 Å². The van der Waals surface area contributed by atoms with Crippen molar-refractivity contribution in [1.29, 1.82) is 0 Å². The van der Waals surface area contributed by atoms with Gasteiger partial charge in [0.2, 0.25) is 11.8 Å². The van der Waals surface area contributed by atoms with Crippen molar-refractivity contribution in [2.24, 2.45) is 0 Å². The molecule has 26 heavy (non-hydrogen) atoms. The van der Waals surface area contributed by atoms with E-state index in [9.17, 15) is 4.79 Å². The third kappa shape index (κ3) is 4.80. The van der Waals surface area contributed by atoms with Crippen LogP contribution in [0.25, 0.3) is 11.3 Å². The van der Waals surface area contributed by atoms with Gasteiger partial charge >= 0.3 is 0 Å². The van der Waals surface area contributed by atoms with Gasteiger partial charge in [0, 0.05) is 15.7 Å². The summed E-state index contributed by atoms with van der Waals surface area (Å²) in [6.45, 7) is 2.67. The van der Waals surface area contributed by atoms with E-state index in [2.05, 4.69) is 26.2 Å². The molecule has 0 spiro atoms. The van der Waals surface area contributed by atoms with Crippen molar-refractivity contribution in [3.63, 3.8) is 0 Å². The van der Waals surface area contributed by atoms with Gasteiger partial charge in [-0.15, -0.1) is 0 Å². The fourth-order valence-electron chi connectivity index (χ4n) is 2.61. The van der Waals surface area contributed by atoms with Crippen molar-refractivity contribution in [2.45, 2.75) is 13.5 Å². The van der Waals surface area contributed by atoms with Gasteiger partial charge in [-0.25, -0.2) is 4.98 Å². The molecule has 5 nitrogen and oxygen atoms in total. The van der Waals surface area contributed by atoms with Gasteiger partial charge in [-0.2, -0.15) is 0 Å². The van der Waals surface area contributed by atoms with Crippen LogP contribution in [0.15, 0.2) is 63.6 Å². The van der Waals surface area contributed by atoms with Gasteiger partial charge in [0.25, 0.3) is 0 Å². The molecule has 0 saturated heterocycles. The Morgan fingerprint density at radius 1 is 1.23 bits per heavy atom. The Balaban J connectivity index is 1.56. The first-order valence-electron chi connectivity index (χ1n) is 8.26. The van der Waals surface area contributed by atoms with E-state index in [1.54, 1.807) is 6.20 Å². The summed E-state index contributed by atoms with van der Waals surface area (Å²) in [5.74, 6) is 1.23. The molecule has 0 unspecified atom stereocenters. The number of hydrogen-bond donors (Lipinski definition) is 1. The first-order chi connectivity index (χ1) is 12.5. The largest absolute Gasteiger partial charge is 0.439 e. The molecule has 2 aromatic carbocycles. The number of anilines is 1. The molecule has 0 aliphatic rings. The van der Waals surface area contributed by atoms with Gasteiger partial charge in [-0.05, 0) is 37.7 Å². The second-order valence-corrected chi connectivity index (χ2v) is 7.08. The normalized spacial score (nSPS) is 10.9. The monoisotopic (exact) mass is 413 g/mol. The van der Waals surface area contributed by atoms with E-state index in [1.165, 1.54) is 0 Å². The number of aryl methyl sites for hydroxylation is 1. The molecule has 134 valence electrons. The highest BCUT2D eigenvalue weighted by Gasteiger charge is 2.12. The average molecular weight is 414 g/mol. The van der Waals surface area contributed by atoms with Gasteiger partial charge in [-0.1, -0.05) is 46.3 Å². The van der Waals surface area contributed by atoms with Crippen LogP contribution >= 0.6 is 15.9 Å². The Hall–Kier alpha value is -2.44. The number of amides is 1. The summed E-state index contributed by atoms with van der Waals surface area (Å²) >= 11 is 3.42. The van der Waals surface area contributed by atoms with Crippen molar-refractivity contribution in [1.82, 2.24) is 9.88 Å². The molecule has 6 heteroatoms. The summed E-state index contributed by atoms with van der Waals surface area (Å²) < 4.78 is 6.77. The number of rotatable bonds is 6. The number of carbonyl (C=O) groups excluding carboxylic acids is 1. The second kappa shape index (κ2) is 8.29. The molecule has 0 bridgehead atoms. The Kier molecular flexibility index (Phi) is 5.85. The van der Waals surface area contributed by atoms with E-state index in [0.717, 1.165) is 27.0 Å². The zero-order valence-corrected chi connectivity index (χ0v) is 16.3. The van der Waals surface area contributed by atoms with Crippen LogP contribution in [0.4, 0.5) is 5.69 Å². The molecule has 0 aliphatic heterocycles. The molecule has 1 aromatic heterocycles. The van der Waals surface area contributed by atoms with Crippen molar-refractivity contribution in [3.05, 3.63) is 70.7 Å².